The van der Waals surface area contributed by atoms with Crippen molar-refractivity contribution in [2.24, 2.45) is 0 Å². The van der Waals surface area contributed by atoms with Crippen LogP contribution < -0.4 is 11.1 Å². The van der Waals surface area contributed by atoms with Gasteiger partial charge in [-0.15, -0.1) is 0 Å². The minimum Gasteiger partial charge on any atom is -0.399 e. The average Bonchev–Trinajstić information content (AvgIpc) is 2.33. The number of anilines is 2. The number of nitrogen functional groups attached to an aromatic ring is 1. The number of aryl methyl sites for hydroxylation is 1. The van der Waals surface area contributed by atoms with Crippen LogP contribution >= 0.6 is 0 Å². The Morgan fingerprint density at radius 1 is 1.16 bits per heavy atom. The van der Waals surface area contributed by atoms with Gasteiger partial charge in [0.15, 0.2) is 0 Å². The second kappa shape index (κ2) is 5.06. The minimum atomic E-state index is -0.904. The molecule has 0 radical (unpaired) electrons. The van der Waals surface area contributed by atoms with Crippen LogP contribution in [0.25, 0.3) is 0 Å². The van der Waals surface area contributed by atoms with Crippen molar-refractivity contribution in [3.8, 4) is 0 Å². The van der Waals surface area contributed by atoms with E-state index in [0.29, 0.717) is 11.4 Å². The number of nitrogens with two attached hydrogens (primary N) is 1. The second-order valence-electron chi connectivity index (χ2n) is 4.13. The van der Waals surface area contributed by atoms with Gasteiger partial charge in [0, 0.05) is 11.4 Å². The molecule has 3 nitrogen and oxygen atoms in total. The van der Waals surface area contributed by atoms with Gasteiger partial charge in [-0.3, -0.25) is 4.79 Å². The fraction of sp³-hybridized carbons (Fsp3) is 0.0714. The summed E-state index contributed by atoms with van der Waals surface area (Å²) in [5, 5.41) is 2.45. The summed E-state index contributed by atoms with van der Waals surface area (Å²) in [4.78, 5) is 11.9. The van der Waals surface area contributed by atoms with Gasteiger partial charge in [-0.25, -0.2) is 8.78 Å². The fourth-order valence-electron chi connectivity index (χ4n) is 1.67. The lowest BCUT2D eigenvalue weighted by Gasteiger charge is -2.10. The van der Waals surface area contributed by atoms with Gasteiger partial charge in [0.1, 0.15) is 17.2 Å². The standard InChI is InChI=1S/C14H12F2N2O/c1-8-5-6-9(17)7-12(8)18-14(19)13-10(15)3-2-4-11(13)16/h2-7H,17H2,1H3,(H,18,19). The quantitative estimate of drug-likeness (QED) is 0.817. The number of halogens is 2. The van der Waals surface area contributed by atoms with Crippen molar-refractivity contribution in [3.05, 3.63) is 59.2 Å². The highest BCUT2D eigenvalue weighted by atomic mass is 19.1. The Balaban J connectivity index is 2.34. The summed E-state index contributed by atoms with van der Waals surface area (Å²) in [7, 11) is 0. The highest BCUT2D eigenvalue weighted by Crippen LogP contribution is 2.20. The van der Waals surface area contributed by atoms with E-state index in [2.05, 4.69) is 5.32 Å². The molecule has 0 spiro atoms. The smallest absolute Gasteiger partial charge is 0.261 e. The Morgan fingerprint density at radius 3 is 2.42 bits per heavy atom. The van der Waals surface area contributed by atoms with E-state index in [0.717, 1.165) is 17.7 Å². The SMILES string of the molecule is Cc1ccc(N)cc1NC(=O)c1c(F)cccc1F. The van der Waals surface area contributed by atoms with E-state index in [1.165, 1.54) is 12.1 Å². The first-order valence-electron chi connectivity index (χ1n) is 5.60. The number of carbonyl (C=O) groups excluding carboxylic acids is 1. The summed E-state index contributed by atoms with van der Waals surface area (Å²) >= 11 is 0. The lowest BCUT2D eigenvalue weighted by Crippen LogP contribution is -2.16. The summed E-state index contributed by atoms with van der Waals surface area (Å²) in [6.07, 6.45) is 0. The molecule has 1 amide bonds. The van der Waals surface area contributed by atoms with Crippen LogP contribution in [0, 0.1) is 18.6 Å². The molecule has 0 aromatic heterocycles. The largest absolute Gasteiger partial charge is 0.399 e. The van der Waals surface area contributed by atoms with Gasteiger partial charge in [-0.1, -0.05) is 12.1 Å². The van der Waals surface area contributed by atoms with Crippen molar-refractivity contribution in [2.75, 3.05) is 11.1 Å². The molecule has 0 atom stereocenters. The van der Waals surface area contributed by atoms with Crippen LogP contribution in [-0.4, -0.2) is 5.91 Å². The topological polar surface area (TPSA) is 55.1 Å². The van der Waals surface area contributed by atoms with Gasteiger partial charge >= 0.3 is 0 Å². The molecule has 19 heavy (non-hydrogen) atoms. The molecule has 2 rings (SSSR count). The third-order valence-corrected chi connectivity index (χ3v) is 2.70. The number of amides is 1. The molecule has 0 unspecified atom stereocenters. The minimum absolute atomic E-state index is 0.424. The third kappa shape index (κ3) is 2.70. The highest BCUT2D eigenvalue weighted by molar-refractivity contribution is 6.05. The predicted molar refractivity (Wildman–Crippen MR) is 69.9 cm³/mol. The first kappa shape index (κ1) is 13.0. The first-order chi connectivity index (χ1) is 8.99. The first-order valence-corrected chi connectivity index (χ1v) is 5.60. The molecule has 3 N–H and O–H groups in total. The monoisotopic (exact) mass is 262 g/mol. The molecule has 98 valence electrons. The molecule has 2 aromatic rings. The average molecular weight is 262 g/mol. The summed E-state index contributed by atoms with van der Waals surface area (Å²) in [5.74, 6) is -2.65. The zero-order chi connectivity index (χ0) is 14.0. The molecule has 0 saturated heterocycles. The maximum Gasteiger partial charge on any atom is 0.261 e. The van der Waals surface area contributed by atoms with Crippen molar-refractivity contribution < 1.29 is 13.6 Å². The van der Waals surface area contributed by atoms with E-state index in [4.69, 9.17) is 5.73 Å². The van der Waals surface area contributed by atoms with Crippen LogP contribution in [0.1, 0.15) is 15.9 Å². The number of nitrogens with one attached hydrogen (secondary N) is 1. The summed E-state index contributed by atoms with van der Waals surface area (Å²) in [6.45, 7) is 1.76. The van der Waals surface area contributed by atoms with Crippen molar-refractivity contribution in [3.63, 3.8) is 0 Å². The Bertz CT molecular complexity index is 621. The third-order valence-electron chi connectivity index (χ3n) is 2.70. The number of benzene rings is 2. The van der Waals surface area contributed by atoms with E-state index in [-0.39, 0.29) is 0 Å². The van der Waals surface area contributed by atoms with Crippen molar-refractivity contribution >= 4 is 17.3 Å². The Hall–Kier alpha value is -2.43. The number of hydrogen-bond acceptors (Lipinski definition) is 2. The molecule has 0 heterocycles. The molecular formula is C14H12F2N2O. The van der Waals surface area contributed by atoms with Crippen molar-refractivity contribution in [1.29, 1.82) is 0 Å². The van der Waals surface area contributed by atoms with Gasteiger partial charge in [0.05, 0.1) is 0 Å². The molecule has 2 aromatic carbocycles. The van der Waals surface area contributed by atoms with E-state index in [1.807, 2.05) is 0 Å². The second-order valence-corrected chi connectivity index (χ2v) is 4.13. The summed E-state index contributed by atoms with van der Waals surface area (Å²) in [5.41, 5.74) is 6.62. The predicted octanol–water partition coefficient (Wildman–Crippen LogP) is 3.11. The lowest BCUT2D eigenvalue weighted by atomic mass is 10.1. The molecular weight excluding hydrogens is 250 g/mol. The van der Waals surface area contributed by atoms with Crippen molar-refractivity contribution in [1.82, 2.24) is 0 Å². The van der Waals surface area contributed by atoms with Crippen LogP contribution in [0.2, 0.25) is 0 Å². The molecule has 0 aliphatic carbocycles. The van der Waals surface area contributed by atoms with E-state index >= 15 is 0 Å². The van der Waals surface area contributed by atoms with Crippen molar-refractivity contribution in [2.45, 2.75) is 6.92 Å². The Labute approximate surface area is 109 Å². The molecule has 0 saturated carbocycles. The van der Waals surface area contributed by atoms with E-state index in [9.17, 15) is 13.6 Å². The van der Waals surface area contributed by atoms with Crippen LogP contribution in [0.4, 0.5) is 20.2 Å². The number of carbonyl (C=O) groups is 1. The van der Waals surface area contributed by atoms with Gasteiger partial charge in [0.25, 0.3) is 5.91 Å². The van der Waals surface area contributed by atoms with Crippen LogP contribution in [0.15, 0.2) is 36.4 Å². The van der Waals surface area contributed by atoms with E-state index < -0.39 is 23.1 Å². The normalized spacial score (nSPS) is 10.3. The molecule has 0 bridgehead atoms. The highest BCUT2D eigenvalue weighted by Gasteiger charge is 2.17. The molecule has 0 aliphatic heterocycles. The van der Waals surface area contributed by atoms with Crippen LogP contribution in [0.3, 0.4) is 0 Å². The summed E-state index contributed by atoms with van der Waals surface area (Å²) < 4.78 is 26.9. The van der Waals surface area contributed by atoms with Gasteiger partial charge < -0.3 is 11.1 Å². The summed E-state index contributed by atoms with van der Waals surface area (Å²) in [6, 6.07) is 8.19. The van der Waals surface area contributed by atoms with Crippen LogP contribution in [-0.2, 0) is 0 Å². The van der Waals surface area contributed by atoms with Gasteiger partial charge in [-0.2, -0.15) is 0 Å². The molecule has 0 aliphatic rings. The number of rotatable bonds is 2. The zero-order valence-corrected chi connectivity index (χ0v) is 10.2. The molecule has 5 heteroatoms. The van der Waals surface area contributed by atoms with Gasteiger partial charge in [-0.05, 0) is 36.8 Å². The maximum atomic E-state index is 13.5. The maximum absolute atomic E-state index is 13.5. The van der Waals surface area contributed by atoms with E-state index in [1.54, 1.807) is 19.1 Å². The Morgan fingerprint density at radius 2 is 1.79 bits per heavy atom. The zero-order valence-electron chi connectivity index (χ0n) is 10.2. The lowest BCUT2D eigenvalue weighted by molar-refractivity contribution is 0.101. The molecule has 0 fully saturated rings. The van der Waals surface area contributed by atoms with Gasteiger partial charge in [0.2, 0.25) is 0 Å². The van der Waals surface area contributed by atoms with Crippen LogP contribution in [0.5, 0.6) is 0 Å². The number of hydrogen-bond donors (Lipinski definition) is 2. The fourth-order valence-corrected chi connectivity index (χ4v) is 1.67. The Kier molecular flexibility index (Phi) is 3.46.